The lowest BCUT2D eigenvalue weighted by Gasteiger charge is -2.05. The summed E-state index contributed by atoms with van der Waals surface area (Å²) >= 11 is 1.56. The summed E-state index contributed by atoms with van der Waals surface area (Å²) in [5.41, 5.74) is 0. The second-order valence-electron chi connectivity index (χ2n) is 2.91. The maximum Gasteiger partial charge on any atom is 0.225 e. The third-order valence-electron chi connectivity index (χ3n) is 1.51. The van der Waals surface area contributed by atoms with E-state index in [1.165, 1.54) is 0 Å². The molecule has 0 spiro atoms. The number of thiophene rings is 1. The Morgan fingerprint density at radius 1 is 1.77 bits per heavy atom. The molecule has 0 aliphatic carbocycles. The van der Waals surface area contributed by atoms with Gasteiger partial charge in [-0.25, -0.2) is 0 Å². The summed E-state index contributed by atoms with van der Waals surface area (Å²) in [4.78, 5) is 12.2. The van der Waals surface area contributed by atoms with Gasteiger partial charge < -0.3 is 10.4 Å². The number of aliphatic hydroxyl groups excluding tert-OH is 1. The summed E-state index contributed by atoms with van der Waals surface area (Å²) in [7, 11) is 0. The van der Waals surface area contributed by atoms with Crippen LogP contribution in [0.1, 0.15) is 11.8 Å². The first-order chi connectivity index (χ1) is 6.18. The molecule has 4 heteroatoms. The van der Waals surface area contributed by atoms with Crippen LogP contribution in [0.15, 0.2) is 17.5 Å². The van der Waals surface area contributed by atoms with Crippen LogP contribution in [0.5, 0.6) is 0 Å². The molecule has 0 bridgehead atoms. The van der Waals surface area contributed by atoms with E-state index in [0.717, 1.165) is 4.88 Å². The van der Waals surface area contributed by atoms with Crippen LogP contribution < -0.4 is 5.32 Å². The Morgan fingerprint density at radius 2 is 2.54 bits per heavy atom. The summed E-state index contributed by atoms with van der Waals surface area (Å²) in [6.45, 7) is 1.97. The lowest BCUT2D eigenvalue weighted by molar-refractivity contribution is -0.120. The van der Waals surface area contributed by atoms with Crippen molar-refractivity contribution in [2.45, 2.75) is 19.4 Å². The number of nitrogens with one attached hydrogen (secondary N) is 1. The molecule has 1 heterocycles. The molecule has 0 saturated carbocycles. The molecule has 0 fully saturated rings. The van der Waals surface area contributed by atoms with Gasteiger partial charge in [0.15, 0.2) is 0 Å². The summed E-state index contributed by atoms with van der Waals surface area (Å²) in [6.07, 6.45) is -0.0722. The number of rotatable bonds is 4. The molecule has 0 radical (unpaired) electrons. The summed E-state index contributed by atoms with van der Waals surface area (Å²) < 4.78 is 0. The van der Waals surface area contributed by atoms with Crippen molar-refractivity contribution in [2.24, 2.45) is 0 Å². The number of amides is 1. The van der Waals surface area contributed by atoms with Gasteiger partial charge in [-0.1, -0.05) is 6.07 Å². The first-order valence-corrected chi connectivity index (χ1v) is 5.03. The molecule has 13 heavy (non-hydrogen) atoms. The van der Waals surface area contributed by atoms with E-state index in [0.29, 0.717) is 13.0 Å². The topological polar surface area (TPSA) is 49.3 Å². The average Bonchev–Trinajstić information content (AvgIpc) is 2.53. The fourth-order valence-corrected chi connectivity index (χ4v) is 1.60. The number of hydrogen-bond acceptors (Lipinski definition) is 3. The Labute approximate surface area is 81.4 Å². The Kier molecular flexibility index (Phi) is 3.92. The second kappa shape index (κ2) is 4.99. The zero-order chi connectivity index (χ0) is 9.68. The van der Waals surface area contributed by atoms with Gasteiger partial charge in [0.1, 0.15) is 0 Å². The van der Waals surface area contributed by atoms with E-state index in [4.69, 9.17) is 5.11 Å². The van der Waals surface area contributed by atoms with Crippen molar-refractivity contribution in [1.29, 1.82) is 0 Å². The Bertz CT molecular complexity index is 257. The van der Waals surface area contributed by atoms with E-state index in [2.05, 4.69) is 5.32 Å². The van der Waals surface area contributed by atoms with Crippen molar-refractivity contribution < 1.29 is 9.90 Å². The highest BCUT2D eigenvalue weighted by Crippen LogP contribution is 2.08. The van der Waals surface area contributed by atoms with Crippen molar-refractivity contribution in [2.75, 3.05) is 6.54 Å². The maximum atomic E-state index is 11.2. The molecule has 0 saturated heterocycles. The van der Waals surface area contributed by atoms with E-state index in [9.17, 15) is 4.79 Å². The zero-order valence-corrected chi connectivity index (χ0v) is 8.30. The Balaban J connectivity index is 2.26. The van der Waals surface area contributed by atoms with Gasteiger partial charge in [0.25, 0.3) is 0 Å². The molecule has 1 atom stereocenters. The third-order valence-corrected chi connectivity index (χ3v) is 2.39. The van der Waals surface area contributed by atoms with Gasteiger partial charge in [-0.2, -0.15) is 0 Å². The molecule has 2 N–H and O–H groups in total. The number of carbonyl (C=O) groups is 1. The van der Waals surface area contributed by atoms with Crippen LogP contribution in [-0.4, -0.2) is 23.7 Å². The zero-order valence-electron chi connectivity index (χ0n) is 7.49. The lowest BCUT2D eigenvalue weighted by Crippen LogP contribution is -2.31. The quantitative estimate of drug-likeness (QED) is 0.753. The molecular weight excluding hydrogens is 186 g/mol. The van der Waals surface area contributed by atoms with E-state index < -0.39 is 6.10 Å². The van der Waals surface area contributed by atoms with E-state index in [-0.39, 0.29) is 5.91 Å². The molecule has 0 aromatic carbocycles. The molecule has 1 aromatic heterocycles. The number of hydrogen-bond donors (Lipinski definition) is 2. The van der Waals surface area contributed by atoms with Crippen molar-refractivity contribution in [1.82, 2.24) is 5.32 Å². The minimum atomic E-state index is -0.479. The average molecular weight is 199 g/mol. The SMILES string of the molecule is CC(O)CNC(=O)Cc1cccs1. The predicted molar refractivity (Wildman–Crippen MR) is 52.7 cm³/mol. The van der Waals surface area contributed by atoms with Gasteiger partial charge in [-0.05, 0) is 18.4 Å². The van der Waals surface area contributed by atoms with E-state index >= 15 is 0 Å². The summed E-state index contributed by atoms with van der Waals surface area (Å²) in [5, 5.41) is 13.5. The van der Waals surface area contributed by atoms with Crippen molar-refractivity contribution in [3.8, 4) is 0 Å². The molecule has 0 aliphatic heterocycles. The maximum absolute atomic E-state index is 11.2. The highest BCUT2D eigenvalue weighted by Gasteiger charge is 2.04. The Hall–Kier alpha value is -0.870. The van der Waals surface area contributed by atoms with Crippen LogP contribution >= 0.6 is 11.3 Å². The molecule has 1 rings (SSSR count). The largest absolute Gasteiger partial charge is 0.392 e. The first-order valence-electron chi connectivity index (χ1n) is 4.15. The molecule has 1 unspecified atom stereocenters. The van der Waals surface area contributed by atoms with Gasteiger partial charge >= 0.3 is 0 Å². The second-order valence-corrected chi connectivity index (χ2v) is 3.94. The fraction of sp³-hybridized carbons (Fsp3) is 0.444. The van der Waals surface area contributed by atoms with Crippen LogP contribution in [0.4, 0.5) is 0 Å². The van der Waals surface area contributed by atoms with Gasteiger partial charge in [0.05, 0.1) is 12.5 Å². The highest BCUT2D eigenvalue weighted by molar-refractivity contribution is 7.10. The molecule has 0 aliphatic rings. The number of carbonyl (C=O) groups excluding carboxylic acids is 1. The van der Waals surface area contributed by atoms with Crippen molar-refractivity contribution in [3.05, 3.63) is 22.4 Å². The van der Waals surface area contributed by atoms with Crippen LogP contribution in [0.2, 0.25) is 0 Å². The molecule has 1 aromatic rings. The third kappa shape index (κ3) is 4.05. The lowest BCUT2D eigenvalue weighted by atomic mass is 10.3. The van der Waals surface area contributed by atoms with Gasteiger partial charge in [-0.3, -0.25) is 4.79 Å². The molecule has 72 valence electrons. The van der Waals surface area contributed by atoms with Crippen LogP contribution in [0.25, 0.3) is 0 Å². The van der Waals surface area contributed by atoms with Crippen molar-refractivity contribution in [3.63, 3.8) is 0 Å². The summed E-state index contributed by atoms with van der Waals surface area (Å²) in [6, 6.07) is 3.84. The van der Waals surface area contributed by atoms with Crippen LogP contribution in [0.3, 0.4) is 0 Å². The van der Waals surface area contributed by atoms with E-state index in [1.807, 2.05) is 17.5 Å². The standard InChI is InChI=1S/C9H13NO2S/c1-7(11)6-10-9(12)5-8-3-2-4-13-8/h2-4,7,11H,5-6H2,1H3,(H,10,12). The van der Waals surface area contributed by atoms with Gasteiger partial charge in [0.2, 0.25) is 5.91 Å². The van der Waals surface area contributed by atoms with Gasteiger partial charge in [-0.15, -0.1) is 11.3 Å². The molecule has 3 nitrogen and oxygen atoms in total. The van der Waals surface area contributed by atoms with Crippen LogP contribution in [-0.2, 0) is 11.2 Å². The monoisotopic (exact) mass is 199 g/mol. The minimum Gasteiger partial charge on any atom is -0.392 e. The smallest absolute Gasteiger partial charge is 0.225 e. The minimum absolute atomic E-state index is 0.0386. The molecule has 1 amide bonds. The van der Waals surface area contributed by atoms with E-state index in [1.54, 1.807) is 18.3 Å². The van der Waals surface area contributed by atoms with Crippen molar-refractivity contribution >= 4 is 17.2 Å². The summed E-state index contributed by atoms with van der Waals surface area (Å²) in [5.74, 6) is -0.0386. The first kappa shape index (κ1) is 10.2. The normalized spacial score (nSPS) is 12.5. The molecular formula is C9H13NO2S. The van der Waals surface area contributed by atoms with Crippen LogP contribution in [0, 0.1) is 0 Å². The number of aliphatic hydroxyl groups is 1. The fourth-order valence-electron chi connectivity index (χ4n) is 0.895. The predicted octanol–water partition coefficient (Wildman–Crippen LogP) is 0.788. The Morgan fingerprint density at radius 3 is 3.08 bits per heavy atom. The highest BCUT2D eigenvalue weighted by atomic mass is 32.1. The van der Waals surface area contributed by atoms with Gasteiger partial charge in [0, 0.05) is 11.4 Å².